The van der Waals surface area contributed by atoms with E-state index in [0.29, 0.717) is 17.7 Å². The van der Waals surface area contributed by atoms with Crippen LogP contribution < -0.4 is 15.4 Å². The molecular weight excluding hydrogens is 314 g/mol. The summed E-state index contributed by atoms with van der Waals surface area (Å²) >= 11 is 0. The fourth-order valence-electron chi connectivity index (χ4n) is 3.10. The molecule has 3 amide bonds. The Morgan fingerprint density at radius 3 is 2.71 bits per heavy atom. The van der Waals surface area contributed by atoms with Crippen LogP contribution in [0, 0.1) is 0 Å². The standard InChI is InChI=1S/C16H19N3O5/c1-24-11-4-2-9(3-5-11)14(21)17-10-6-13-15(22)18-12(8-20)16(23)19(13)7-10/h2-5,10,12-13,20H,6-8H2,1H3,(H,17,21)(H,18,22)/t10-,12+,13-/m0/s1. The van der Waals surface area contributed by atoms with Gasteiger partial charge in [-0.2, -0.15) is 0 Å². The van der Waals surface area contributed by atoms with Crippen LogP contribution >= 0.6 is 0 Å². The van der Waals surface area contributed by atoms with Crippen molar-refractivity contribution in [1.82, 2.24) is 15.5 Å². The molecule has 0 radical (unpaired) electrons. The van der Waals surface area contributed by atoms with E-state index < -0.39 is 18.7 Å². The van der Waals surface area contributed by atoms with Gasteiger partial charge in [-0.15, -0.1) is 0 Å². The molecule has 2 fully saturated rings. The molecule has 0 aromatic heterocycles. The third kappa shape index (κ3) is 2.92. The molecule has 2 aliphatic rings. The molecule has 0 aliphatic carbocycles. The molecule has 1 aromatic carbocycles. The maximum Gasteiger partial charge on any atom is 0.251 e. The van der Waals surface area contributed by atoms with Gasteiger partial charge in [-0.1, -0.05) is 0 Å². The molecule has 0 unspecified atom stereocenters. The van der Waals surface area contributed by atoms with Gasteiger partial charge in [0.15, 0.2) is 0 Å². The van der Waals surface area contributed by atoms with E-state index in [-0.39, 0.29) is 30.3 Å². The number of carbonyl (C=O) groups excluding carboxylic acids is 3. The summed E-state index contributed by atoms with van der Waals surface area (Å²) < 4.78 is 5.05. The number of rotatable bonds is 4. The molecule has 128 valence electrons. The molecule has 0 spiro atoms. The smallest absolute Gasteiger partial charge is 0.251 e. The van der Waals surface area contributed by atoms with Gasteiger partial charge in [0.05, 0.1) is 13.7 Å². The van der Waals surface area contributed by atoms with Crippen LogP contribution in [0.25, 0.3) is 0 Å². The summed E-state index contributed by atoms with van der Waals surface area (Å²) in [5.74, 6) is -0.228. The van der Waals surface area contributed by atoms with Crippen LogP contribution in [-0.2, 0) is 9.59 Å². The SMILES string of the molecule is COc1ccc(C(=O)N[C@H]2C[C@H]3C(=O)N[C@H](CO)C(=O)N3C2)cc1. The Bertz CT molecular complexity index is 660. The quantitative estimate of drug-likeness (QED) is 0.647. The number of piperazine rings is 1. The summed E-state index contributed by atoms with van der Waals surface area (Å²) in [7, 11) is 1.55. The summed E-state index contributed by atoms with van der Waals surface area (Å²) in [6.07, 6.45) is 0.359. The van der Waals surface area contributed by atoms with E-state index in [2.05, 4.69) is 10.6 Å². The second-order valence-corrected chi connectivity index (χ2v) is 5.88. The van der Waals surface area contributed by atoms with Crippen LogP contribution in [0.2, 0.25) is 0 Å². The van der Waals surface area contributed by atoms with Crippen LogP contribution in [0.1, 0.15) is 16.8 Å². The maximum absolute atomic E-state index is 12.3. The summed E-state index contributed by atoms with van der Waals surface area (Å²) in [6.45, 7) is -0.175. The van der Waals surface area contributed by atoms with Crippen molar-refractivity contribution in [2.45, 2.75) is 24.5 Å². The molecule has 2 heterocycles. The lowest BCUT2D eigenvalue weighted by Crippen LogP contribution is -2.62. The van der Waals surface area contributed by atoms with E-state index >= 15 is 0 Å². The predicted molar refractivity (Wildman–Crippen MR) is 83.4 cm³/mol. The molecule has 8 nitrogen and oxygen atoms in total. The monoisotopic (exact) mass is 333 g/mol. The minimum Gasteiger partial charge on any atom is -0.497 e. The molecule has 24 heavy (non-hydrogen) atoms. The van der Waals surface area contributed by atoms with Crippen molar-refractivity contribution >= 4 is 17.7 Å². The number of nitrogens with one attached hydrogen (secondary N) is 2. The molecular formula is C16H19N3O5. The summed E-state index contributed by atoms with van der Waals surface area (Å²) in [6, 6.07) is 4.88. The molecule has 2 saturated heterocycles. The van der Waals surface area contributed by atoms with Gasteiger partial charge >= 0.3 is 0 Å². The Balaban J connectivity index is 1.66. The summed E-state index contributed by atoms with van der Waals surface area (Å²) in [4.78, 5) is 37.9. The van der Waals surface area contributed by atoms with Crippen molar-refractivity contribution in [1.29, 1.82) is 0 Å². The van der Waals surface area contributed by atoms with Gasteiger partial charge in [-0.3, -0.25) is 14.4 Å². The van der Waals surface area contributed by atoms with Crippen LogP contribution in [0.4, 0.5) is 0 Å². The first kappa shape index (κ1) is 16.3. The van der Waals surface area contributed by atoms with Crippen LogP contribution in [0.5, 0.6) is 5.75 Å². The number of aliphatic hydroxyl groups excluding tert-OH is 1. The highest BCUT2D eigenvalue weighted by atomic mass is 16.5. The number of hydrogen-bond donors (Lipinski definition) is 3. The molecule has 1 aromatic rings. The molecule has 3 N–H and O–H groups in total. The Morgan fingerprint density at radius 2 is 2.08 bits per heavy atom. The lowest BCUT2D eigenvalue weighted by Gasteiger charge is -2.33. The van der Waals surface area contributed by atoms with Gasteiger partial charge in [0.1, 0.15) is 17.8 Å². The average Bonchev–Trinajstić information content (AvgIpc) is 3.02. The van der Waals surface area contributed by atoms with Crippen LogP contribution in [0.3, 0.4) is 0 Å². The normalized spacial score (nSPS) is 25.9. The molecule has 3 atom stereocenters. The van der Waals surface area contributed by atoms with Gasteiger partial charge in [-0.05, 0) is 30.7 Å². The zero-order chi connectivity index (χ0) is 17.3. The Labute approximate surface area is 138 Å². The van der Waals surface area contributed by atoms with Gasteiger partial charge in [0.25, 0.3) is 5.91 Å². The summed E-state index contributed by atoms with van der Waals surface area (Å²) in [5.41, 5.74) is 0.477. The van der Waals surface area contributed by atoms with Crippen LogP contribution in [-0.4, -0.2) is 66.1 Å². The van der Waals surface area contributed by atoms with E-state index in [4.69, 9.17) is 9.84 Å². The van der Waals surface area contributed by atoms with E-state index in [1.54, 1.807) is 31.4 Å². The first-order valence-corrected chi connectivity index (χ1v) is 7.70. The van der Waals surface area contributed by atoms with E-state index in [9.17, 15) is 14.4 Å². The minimum absolute atomic E-state index is 0.259. The zero-order valence-electron chi connectivity index (χ0n) is 13.2. The first-order chi connectivity index (χ1) is 11.5. The van der Waals surface area contributed by atoms with Crippen molar-refractivity contribution in [2.75, 3.05) is 20.3 Å². The van der Waals surface area contributed by atoms with Gasteiger partial charge < -0.3 is 25.4 Å². The highest BCUT2D eigenvalue weighted by Gasteiger charge is 2.46. The number of nitrogens with zero attached hydrogens (tertiary/aromatic N) is 1. The Morgan fingerprint density at radius 1 is 1.38 bits per heavy atom. The third-order valence-corrected chi connectivity index (χ3v) is 4.37. The number of carbonyl (C=O) groups is 3. The Hall–Kier alpha value is -2.61. The van der Waals surface area contributed by atoms with Crippen molar-refractivity contribution in [3.8, 4) is 5.75 Å². The van der Waals surface area contributed by atoms with Crippen molar-refractivity contribution in [2.24, 2.45) is 0 Å². The largest absolute Gasteiger partial charge is 0.497 e. The van der Waals surface area contributed by atoms with Crippen LogP contribution in [0.15, 0.2) is 24.3 Å². The number of aliphatic hydroxyl groups is 1. The zero-order valence-corrected chi connectivity index (χ0v) is 13.2. The van der Waals surface area contributed by atoms with Gasteiger partial charge in [-0.25, -0.2) is 0 Å². The molecule has 2 aliphatic heterocycles. The summed E-state index contributed by atoms with van der Waals surface area (Å²) in [5, 5.41) is 14.5. The fraction of sp³-hybridized carbons (Fsp3) is 0.438. The second kappa shape index (κ2) is 6.48. The Kier molecular flexibility index (Phi) is 4.39. The fourth-order valence-corrected chi connectivity index (χ4v) is 3.10. The predicted octanol–water partition coefficient (Wildman–Crippen LogP) is -1.11. The lowest BCUT2D eigenvalue weighted by atomic mass is 10.1. The lowest BCUT2D eigenvalue weighted by molar-refractivity contribution is -0.148. The highest BCUT2D eigenvalue weighted by Crippen LogP contribution is 2.23. The van der Waals surface area contributed by atoms with Gasteiger partial charge in [0.2, 0.25) is 11.8 Å². The molecule has 3 rings (SSSR count). The van der Waals surface area contributed by atoms with Gasteiger partial charge in [0, 0.05) is 18.2 Å². The van der Waals surface area contributed by atoms with Crippen molar-refractivity contribution in [3.63, 3.8) is 0 Å². The topological polar surface area (TPSA) is 108 Å². The molecule has 0 saturated carbocycles. The van der Waals surface area contributed by atoms with Crippen molar-refractivity contribution in [3.05, 3.63) is 29.8 Å². The third-order valence-electron chi connectivity index (χ3n) is 4.37. The van der Waals surface area contributed by atoms with E-state index in [1.165, 1.54) is 4.90 Å². The number of ether oxygens (including phenoxy) is 1. The number of hydrogen-bond acceptors (Lipinski definition) is 5. The maximum atomic E-state index is 12.3. The first-order valence-electron chi connectivity index (χ1n) is 7.70. The number of amides is 3. The van der Waals surface area contributed by atoms with Crippen molar-refractivity contribution < 1.29 is 24.2 Å². The second-order valence-electron chi connectivity index (χ2n) is 5.88. The minimum atomic E-state index is -0.898. The number of fused-ring (bicyclic) bond motifs is 1. The molecule has 0 bridgehead atoms. The van der Waals surface area contributed by atoms with E-state index in [1.807, 2.05) is 0 Å². The molecule has 8 heteroatoms. The number of methoxy groups -OCH3 is 1. The highest BCUT2D eigenvalue weighted by molar-refractivity contribution is 5.98. The van der Waals surface area contributed by atoms with E-state index in [0.717, 1.165) is 0 Å². The average molecular weight is 333 g/mol. The number of benzene rings is 1.